The van der Waals surface area contributed by atoms with Crippen LogP contribution in [0.5, 0.6) is 0 Å². The highest BCUT2D eigenvalue weighted by atomic mass is 32.1. The molecule has 0 spiro atoms. The first-order valence-corrected chi connectivity index (χ1v) is 7.49. The van der Waals surface area contributed by atoms with Crippen LogP contribution in [-0.4, -0.2) is 36.5 Å². The fraction of sp³-hybridized carbons (Fsp3) is 0.333. The Bertz CT molecular complexity index is 712. The summed E-state index contributed by atoms with van der Waals surface area (Å²) in [7, 11) is 1.32. The number of carbonyl (C=O) groups is 2. The minimum atomic E-state index is -0.510. The Balaban J connectivity index is 1.91. The van der Waals surface area contributed by atoms with Crippen LogP contribution < -0.4 is 0 Å². The van der Waals surface area contributed by atoms with Crippen LogP contribution in [-0.2, 0) is 9.53 Å². The number of esters is 1. The molecule has 2 heterocycles. The minimum Gasteiger partial charge on any atom is -0.467 e. The van der Waals surface area contributed by atoms with Gasteiger partial charge in [0.15, 0.2) is 0 Å². The number of amides is 1. The van der Waals surface area contributed by atoms with E-state index in [0.717, 1.165) is 11.1 Å². The average molecular weight is 307 g/mol. The summed E-state index contributed by atoms with van der Waals surface area (Å²) in [5.74, 6) is -0.898. The van der Waals surface area contributed by atoms with E-state index in [0.29, 0.717) is 23.2 Å². The Kier molecular flexibility index (Phi) is 3.63. The Morgan fingerprint density at radius 1 is 1.38 bits per heavy atom. The predicted molar refractivity (Wildman–Crippen MR) is 77.9 cm³/mol. The van der Waals surface area contributed by atoms with E-state index in [2.05, 4.69) is 0 Å². The molecule has 1 unspecified atom stereocenters. The molecule has 1 atom stereocenters. The molecule has 0 radical (unpaired) electrons. The second kappa shape index (κ2) is 5.44. The number of hydrogen-bond donors (Lipinski definition) is 0. The van der Waals surface area contributed by atoms with E-state index in [1.54, 1.807) is 17.0 Å². The maximum atomic E-state index is 13.2. The molecule has 3 rings (SSSR count). The van der Waals surface area contributed by atoms with Crippen molar-refractivity contribution in [3.05, 3.63) is 35.0 Å². The van der Waals surface area contributed by atoms with E-state index in [4.69, 9.17) is 4.74 Å². The van der Waals surface area contributed by atoms with Crippen molar-refractivity contribution in [3.63, 3.8) is 0 Å². The summed E-state index contributed by atoms with van der Waals surface area (Å²) in [5, 5.41) is 0.706. The SMILES string of the molecule is COC(=O)C1CCCN1C(=O)c1cc2cc(F)ccc2s1. The van der Waals surface area contributed by atoms with Gasteiger partial charge in [-0.1, -0.05) is 0 Å². The highest BCUT2D eigenvalue weighted by molar-refractivity contribution is 7.20. The molecule has 1 aromatic heterocycles. The third kappa shape index (κ3) is 2.51. The fourth-order valence-electron chi connectivity index (χ4n) is 2.65. The molecule has 0 aliphatic carbocycles. The highest BCUT2D eigenvalue weighted by Gasteiger charge is 2.35. The van der Waals surface area contributed by atoms with Crippen LogP contribution in [0, 0.1) is 5.82 Å². The van der Waals surface area contributed by atoms with E-state index in [1.807, 2.05) is 0 Å². The lowest BCUT2D eigenvalue weighted by Crippen LogP contribution is -2.40. The zero-order valence-electron chi connectivity index (χ0n) is 11.5. The topological polar surface area (TPSA) is 46.6 Å². The highest BCUT2D eigenvalue weighted by Crippen LogP contribution is 2.29. The fourth-order valence-corrected chi connectivity index (χ4v) is 3.65. The van der Waals surface area contributed by atoms with Crippen LogP contribution in [0.4, 0.5) is 4.39 Å². The molecule has 1 aromatic carbocycles. The van der Waals surface area contributed by atoms with Crippen LogP contribution in [0.15, 0.2) is 24.3 Å². The molecule has 1 saturated heterocycles. The van der Waals surface area contributed by atoms with Gasteiger partial charge < -0.3 is 9.64 Å². The maximum absolute atomic E-state index is 13.2. The molecule has 1 aliphatic rings. The van der Waals surface area contributed by atoms with Crippen LogP contribution in [0.1, 0.15) is 22.5 Å². The van der Waals surface area contributed by atoms with E-state index in [-0.39, 0.29) is 17.7 Å². The lowest BCUT2D eigenvalue weighted by atomic mass is 10.2. The van der Waals surface area contributed by atoms with Crippen LogP contribution in [0.2, 0.25) is 0 Å². The Labute approximate surface area is 125 Å². The van der Waals surface area contributed by atoms with Crippen molar-refractivity contribution < 1.29 is 18.7 Å². The van der Waals surface area contributed by atoms with Crippen LogP contribution in [0.3, 0.4) is 0 Å². The normalized spacial score (nSPS) is 18.2. The van der Waals surface area contributed by atoms with Crippen molar-refractivity contribution in [3.8, 4) is 0 Å². The lowest BCUT2D eigenvalue weighted by Gasteiger charge is -2.21. The molecule has 1 amide bonds. The first kappa shape index (κ1) is 14.0. The largest absolute Gasteiger partial charge is 0.467 e. The van der Waals surface area contributed by atoms with Gasteiger partial charge in [0.2, 0.25) is 0 Å². The summed E-state index contributed by atoms with van der Waals surface area (Å²) in [4.78, 5) is 26.4. The van der Waals surface area contributed by atoms with Gasteiger partial charge in [0, 0.05) is 11.2 Å². The number of methoxy groups -OCH3 is 1. The molecular formula is C15H14FNO3S. The van der Waals surface area contributed by atoms with Crippen molar-refractivity contribution in [2.24, 2.45) is 0 Å². The first-order chi connectivity index (χ1) is 10.1. The predicted octanol–water partition coefficient (Wildman–Crippen LogP) is 2.82. The van der Waals surface area contributed by atoms with Crippen LogP contribution in [0.25, 0.3) is 10.1 Å². The van der Waals surface area contributed by atoms with E-state index >= 15 is 0 Å². The van der Waals surface area contributed by atoms with Crippen LogP contribution >= 0.6 is 11.3 Å². The zero-order valence-corrected chi connectivity index (χ0v) is 12.3. The monoisotopic (exact) mass is 307 g/mol. The number of halogens is 1. The van der Waals surface area contributed by atoms with Gasteiger partial charge in [-0.25, -0.2) is 9.18 Å². The summed E-state index contributed by atoms with van der Waals surface area (Å²) < 4.78 is 18.8. The number of thiophene rings is 1. The Morgan fingerprint density at radius 3 is 2.95 bits per heavy atom. The van der Waals surface area contributed by atoms with Crippen molar-refractivity contribution in [1.82, 2.24) is 4.90 Å². The summed E-state index contributed by atoms with van der Waals surface area (Å²) in [6, 6.07) is 5.61. The minimum absolute atomic E-state index is 0.190. The maximum Gasteiger partial charge on any atom is 0.328 e. The molecule has 4 nitrogen and oxygen atoms in total. The van der Waals surface area contributed by atoms with Gasteiger partial charge in [0.05, 0.1) is 12.0 Å². The number of fused-ring (bicyclic) bond motifs is 1. The summed E-state index contributed by atoms with van der Waals surface area (Å²) in [5.41, 5.74) is 0. The quantitative estimate of drug-likeness (QED) is 0.802. The van der Waals surface area contributed by atoms with Crippen molar-refractivity contribution in [2.75, 3.05) is 13.7 Å². The standard InChI is InChI=1S/C15H14FNO3S/c1-20-15(19)11-3-2-6-17(11)14(18)13-8-9-7-10(16)4-5-12(9)21-13/h4-5,7-8,11H,2-3,6H2,1H3. The van der Waals surface area contributed by atoms with Crippen molar-refractivity contribution in [1.29, 1.82) is 0 Å². The van der Waals surface area contributed by atoms with Gasteiger partial charge >= 0.3 is 5.97 Å². The van der Waals surface area contributed by atoms with Gasteiger partial charge in [0.25, 0.3) is 5.91 Å². The van der Waals surface area contributed by atoms with Gasteiger partial charge in [-0.05, 0) is 42.5 Å². The van der Waals surface area contributed by atoms with E-state index in [1.165, 1.54) is 30.6 Å². The number of ether oxygens (including phenoxy) is 1. The smallest absolute Gasteiger partial charge is 0.328 e. The Morgan fingerprint density at radius 2 is 2.19 bits per heavy atom. The van der Waals surface area contributed by atoms with Crippen molar-refractivity contribution in [2.45, 2.75) is 18.9 Å². The lowest BCUT2D eigenvalue weighted by molar-refractivity contribution is -0.145. The van der Waals surface area contributed by atoms with Gasteiger partial charge in [-0.3, -0.25) is 4.79 Å². The van der Waals surface area contributed by atoms with Crippen molar-refractivity contribution >= 4 is 33.3 Å². The molecule has 1 aliphatic heterocycles. The molecule has 0 N–H and O–H groups in total. The molecule has 1 fully saturated rings. The third-order valence-electron chi connectivity index (χ3n) is 3.68. The number of carbonyl (C=O) groups excluding carboxylic acids is 2. The molecular weight excluding hydrogens is 293 g/mol. The third-order valence-corrected chi connectivity index (χ3v) is 4.78. The second-order valence-corrected chi connectivity index (χ2v) is 6.06. The number of nitrogens with zero attached hydrogens (tertiary/aromatic N) is 1. The average Bonchev–Trinajstić information content (AvgIpc) is 3.11. The summed E-state index contributed by atoms with van der Waals surface area (Å²) >= 11 is 1.31. The molecule has 110 valence electrons. The second-order valence-electron chi connectivity index (χ2n) is 4.97. The molecule has 21 heavy (non-hydrogen) atoms. The Hall–Kier alpha value is -1.95. The summed E-state index contributed by atoms with van der Waals surface area (Å²) in [6.45, 7) is 0.543. The molecule has 0 bridgehead atoms. The number of likely N-dealkylation sites (tertiary alicyclic amines) is 1. The number of rotatable bonds is 2. The number of hydrogen-bond acceptors (Lipinski definition) is 4. The molecule has 6 heteroatoms. The molecule has 0 saturated carbocycles. The zero-order chi connectivity index (χ0) is 15.0. The van der Waals surface area contributed by atoms with Gasteiger partial charge in [-0.2, -0.15) is 0 Å². The van der Waals surface area contributed by atoms with E-state index in [9.17, 15) is 14.0 Å². The summed E-state index contributed by atoms with van der Waals surface area (Å²) in [6.07, 6.45) is 1.41. The van der Waals surface area contributed by atoms with E-state index < -0.39 is 6.04 Å². The molecule has 2 aromatic rings. The van der Waals surface area contributed by atoms with Gasteiger partial charge in [0.1, 0.15) is 11.9 Å². The number of benzene rings is 1. The first-order valence-electron chi connectivity index (χ1n) is 6.68. The van der Waals surface area contributed by atoms with Gasteiger partial charge in [-0.15, -0.1) is 11.3 Å².